The van der Waals surface area contributed by atoms with Crippen molar-refractivity contribution in [1.82, 2.24) is 4.98 Å². The molecule has 0 unspecified atom stereocenters. The molecule has 0 aliphatic heterocycles. The van der Waals surface area contributed by atoms with Gasteiger partial charge in [-0.25, -0.2) is 4.98 Å². The van der Waals surface area contributed by atoms with Gasteiger partial charge in [0.25, 0.3) is 0 Å². The van der Waals surface area contributed by atoms with Gasteiger partial charge in [0, 0.05) is 18.7 Å². The normalized spacial score (nSPS) is 11.2. The molecule has 1 amide bonds. The van der Waals surface area contributed by atoms with Gasteiger partial charge in [-0.3, -0.25) is 4.79 Å². The highest BCUT2D eigenvalue weighted by molar-refractivity contribution is 6.02. The number of nitrogens with zero attached hydrogens (tertiary/aromatic N) is 1. The van der Waals surface area contributed by atoms with E-state index in [1.165, 1.54) is 11.6 Å². The molecule has 0 fully saturated rings. The third-order valence-electron chi connectivity index (χ3n) is 3.27. The first-order chi connectivity index (χ1) is 10.6. The molecule has 0 spiro atoms. The van der Waals surface area contributed by atoms with Gasteiger partial charge < -0.3 is 9.73 Å². The average molecular weight is 292 g/mol. The molecule has 110 valence electrons. The van der Waals surface area contributed by atoms with E-state index in [1.807, 2.05) is 31.2 Å². The number of oxazole rings is 1. The van der Waals surface area contributed by atoms with Gasteiger partial charge in [0.15, 0.2) is 11.5 Å². The lowest BCUT2D eigenvalue weighted by atomic mass is 10.1. The Hall–Kier alpha value is -2.88. The van der Waals surface area contributed by atoms with E-state index in [9.17, 15) is 4.79 Å². The van der Waals surface area contributed by atoms with Crippen LogP contribution in [0.3, 0.4) is 0 Å². The van der Waals surface area contributed by atoms with E-state index in [1.54, 1.807) is 31.2 Å². The molecule has 4 nitrogen and oxygen atoms in total. The van der Waals surface area contributed by atoms with Gasteiger partial charge in [-0.15, -0.1) is 0 Å². The Kier molecular flexibility index (Phi) is 3.74. The fourth-order valence-corrected chi connectivity index (χ4v) is 2.15. The second kappa shape index (κ2) is 5.85. The van der Waals surface area contributed by atoms with Crippen LogP contribution in [0.4, 0.5) is 5.69 Å². The van der Waals surface area contributed by atoms with E-state index >= 15 is 0 Å². The second-order valence-electron chi connectivity index (χ2n) is 5.15. The second-order valence-corrected chi connectivity index (χ2v) is 5.15. The highest BCUT2D eigenvalue weighted by atomic mass is 16.3. The fraction of sp³-hybridized carbons (Fsp3) is 0.111. The Morgan fingerprint density at radius 3 is 2.68 bits per heavy atom. The Morgan fingerprint density at radius 2 is 1.91 bits per heavy atom. The lowest BCUT2D eigenvalue weighted by Crippen LogP contribution is -2.07. The molecule has 0 saturated heterocycles. The maximum Gasteiger partial charge on any atom is 0.248 e. The summed E-state index contributed by atoms with van der Waals surface area (Å²) in [6, 6.07) is 13.4. The van der Waals surface area contributed by atoms with Crippen LogP contribution in [0.25, 0.3) is 17.2 Å². The molecular formula is C18H16N2O2. The van der Waals surface area contributed by atoms with Crippen LogP contribution in [0.2, 0.25) is 0 Å². The van der Waals surface area contributed by atoms with Crippen LogP contribution in [0.5, 0.6) is 0 Å². The summed E-state index contributed by atoms with van der Waals surface area (Å²) >= 11 is 0. The molecular weight excluding hydrogens is 276 g/mol. The topological polar surface area (TPSA) is 55.1 Å². The van der Waals surface area contributed by atoms with Crippen molar-refractivity contribution in [3.8, 4) is 0 Å². The first-order valence-corrected chi connectivity index (χ1v) is 7.03. The van der Waals surface area contributed by atoms with Gasteiger partial charge in [-0.05, 0) is 36.8 Å². The Morgan fingerprint density at radius 1 is 1.14 bits per heavy atom. The minimum absolute atomic E-state index is 0.180. The van der Waals surface area contributed by atoms with Crippen LogP contribution >= 0.6 is 0 Å². The summed E-state index contributed by atoms with van der Waals surface area (Å²) < 4.78 is 5.41. The van der Waals surface area contributed by atoms with Crippen LogP contribution < -0.4 is 5.32 Å². The number of aryl methyl sites for hydroxylation is 2. The van der Waals surface area contributed by atoms with E-state index in [0.717, 1.165) is 11.1 Å². The smallest absolute Gasteiger partial charge is 0.248 e. The quantitative estimate of drug-likeness (QED) is 0.739. The number of benzene rings is 2. The molecule has 22 heavy (non-hydrogen) atoms. The molecule has 0 saturated carbocycles. The number of carbonyl (C=O) groups is 1. The molecule has 3 aromatic rings. The number of rotatable bonds is 3. The lowest BCUT2D eigenvalue weighted by Gasteiger charge is -2.01. The number of aromatic nitrogens is 1. The summed E-state index contributed by atoms with van der Waals surface area (Å²) in [5.41, 5.74) is 4.32. The highest BCUT2D eigenvalue weighted by Crippen LogP contribution is 2.19. The van der Waals surface area contributed by atoms with Crippen molar-refractivity contribution < 1.29 is 9.21 Å². The maximum absolute atomic E-state index is 12.0. The van der Waals surface area contributed by atoms with Crippen LogP contribution in [-0.4, -0.2) is 10.9 Å². The summed E-state index contributed by atoms with van der Waals surface area (Å²) in [4.78, 5) is 16.2. The summed E-state index contributed by atoms with van der Waals surface area (Å²) in [5.74, 6) is 0.429. The molecule has 0 aliphatic carbocycles. The Balaban J connectivity index is 1.70. The van der Waals surface area contributed by atoms with E-state index in [2.05, 4.69) is 10.3 Å². The monoisotopic (exact) mass is 292 g/mol. The largest absolute Gasteiger partial charge is 0.441 e. The fourth-order valence-electron chi connectivity index (χ4n) is 2.15. The van der Waals surface area contributed by atoms with Crippen LogP contribution in [0.15, 0.2) is 53.0 Å². The first kappa shape index (κ1) is 14.1. The van der Waals surface area contributed by atoms with Crippen molar-refractivity contribution in [3.05, 3.63) is 65.6 Å². The number of amides is 1. The van der Waals surface area contributed by atoms with Crippen molar-refractivity contribution in [1.29, 1.82) is 0 Å². The maximum atomic E-state index is 12.0. The third-order valence-corrected chi connectivity index (χ3v) is 3.27. The number of hydrogen-bond acceptors (Lipinski definition) is 3. The number of nitrogens with one attached hydrogen (secondary N) is 1. The molecule has 0 aliphatic rings. The molecule has 4 heteroatoms. The predicted molar refractivity (Wildman–Crippen MR) is 87.6 cm³/mol. The molecule has 1 aromatic heterocycles. The zero-order valence-electron chi connectivity index (χ0n) is 12.5. The van der Waals surface area contributed by atoms with Crippen molar-refractivity contribution in [2.75, 3.05) is 5.32 Å². The molecule has 1 N–H and O–H groups in total. The molecule has 0 bridgehead atoms. The van der Waals surface area contributed by atoms with E-state index in [4.69, 9.17) is 4.42 Å². The summed E-state index contributed by atoms with van der Waals surface area (Å²) in [6.45, 7) is 3.82. The Labute approximate surface area is 128 Å². The predicted octanol–water partition coefficient (Wildman–Crippen LogP) is 4.10. The van der Waals surface area contributed by atoms with Crippen LogP contribution in [0.1, 0.15) is 17.0 Å². The van der Waals surface area contributed by atoms with Crippen LogP contribution in [-0.2, 0) is 4.79 Å². The van der Waals surface area contributed by atoms with Gasteiger partial charge in [0.05, 0.1) is 0 Å². The van der Waals surface area contributed by atoms with Crippen molar-refractivity contribution in [2.45, 2.75) is 13.8 Å². The van der Waals surface area contributed by atoms with Gasteiger partial charge in [-0.2, -0.15) is 0 Å². The zero-order valence-corrected chi connectivity index (χ0v) is 12.5. The molecule has 2 aromatic carbocycles. The number of carbonyl (C=O) groups excluding carboxylic acids is 1. The molecule has 1 heterocycles. The van der Waals surface area contributed by atoms with E-state index in [-0.39, 0.29) is 5.91 Å². The van der Waals surface area contributed by atoms with Crippen molar-refractivity contribution >= 4 is 28.8 Å². The average Bonchev–Trinajstić information content (AvgIpc) is 2.86. The number of fused-ring (bicyclic) bond motifs is 1. The lowest BCUT2D eigenvalue weighted by molar-refractivity contribution is -0.111. The molecule has 0 radical (unpaired) electrons. The highest BCUT2D eigenvalue weighted by Gasteiger charge is 2.04. The molecule has 0 atom stereocenters. The minimum Gasteiger partial charge on any atom is -0.441 e. The van der Waals surface area contributed by atoms with Gasteiger partial charge in [0.1, 0.15) is 5.52 Å². The van der Waals surface area contributed by atoms with Crippen molar-refractivity contribution in [3.63, 3.8) is 0 Å². The van der Waals surface area contributed by atoms with E-state index < -0.39 is 0 Å². The van der Waals surface area contributed by atoms with Crippen LogP contribution in [0, 0.1) is 13.8 Å². The minimum atomic E-state index is -0.180. The number of hydrogen-bond donors (Lipinski definition) is 1. The standard InChI is InChI=1S/C18H16N2O2/c1-12-3-5-14(6-4-12)7-10-18(21)20-15-8-9-17-16(11-15)19-13(2)22-17/h3-11H,1-2H3,(H,20,21). The number of anilines is 1. The van der Waals surface area contributed by atoms with Gasteiger partial charge in [-0.1, -0.05) is 29.8 Å². The SMILES string of the molecule is Cc1ccc(C=CC(=O)Nc2ccc3oc(C)nc3c2)cc1. The van der Waals surface area contributed by atoms with Crippen molar-refractivity contribution in [2.24, 2.45) is 0 Å². The van der Waals surface area contributed by atoms with E-state index in [0.29, 0.717) is 17.2 Å². The zero-order chi connectivity index (χ0) is 15.5. The molecule has 3 rings (SSSR count). The Bertz CT molecular complexity index is 845. The third kappa shape index (κ3) is 3.23. The van der Waals surface area contributed by atoms with Gasteiger partial charge >= 0.3 is 0 Å². The van der Waals surface area contributed by atoms with Gasteiger partial charge in [0.2, 0.25) is 5.91 Å². The summed E-state index contributed by atoms with van der Waals surface area (Å²) in [7, 11) is 0. The first-order valence-electron chi connectivity index (χ1n) is 7.03. The summed E-state index contributed by atoms with van der Waals surface area (Å²) in [5, 5.41) is 2.82. The summed E-state index contributed by atoms with van der Waals surface area (Å²) in [6.07, 6.45) is 3.30.